The Balaban J connectivity index is 1.62. The van der Waals surface area contributed by atoms with E-state index in [0.717, 1.165) is 11.1 Å². The van der Waals surface area contributed by atoms with Crippen molar-refractivity contribution in [3.63, 3.8) is 0 Å². The molecule has 3 aromatic heterocycles. The van der Waals surface area contributed by atoms with Gasteiger partial charge in [-0.2, -0.15) is 10.1 Å². The highest BCUT2D eigenvalue weighted by Crippen LogP contribution is 2.23. The number of carbonyl (C=O) groups is 1. The van der Waals surface area contributed by atoms with Gasteiger partial charge in [-0.25, -0.2) is 8.91 Å². The molecule has 9 nitrogen and oxygen atoms in total. The zero-order valence-corrected chi connectivity index (χ0v) is 14.8. The second-order valence-electron chi connectivity index (χ2n) is 6.20. The van der Waals surface area contributed by atoms with Crippen molar-refractivity contribution in [2.24, 2.45) is 5.73 Å². The predicted molar refractivity (Wildman–Crippen MR) is 102 cm³/mol. The summed E-state index contributed by atoms with van der Waals surface area (Å²) in [7, 11) is 0. The minimum absolute atomic E-state index is 0.117. The van der Waals surface area contributed by atoms with Crippen LogP contribution in [0.25, 0.3) is 5.52 Å². The van der Waals surface area contributed by atoms with Crippen molar-refractivity contribution >= 4 is 29.0 Å². The fraction of sp³-hybridized carbons (Fsp3) is 0.111. The molecule has 1 amide bonds. The van der Waals surface area contributed by atoms with Crippen LogP contribution in [0.1, 0.15) is 29.0 Å². The zero-order chi connectivity index (χ0) is 19.7. The SMILES string of the molecule is C[C@H](Nc1nc(Nc2cc(C(N)=O)n[nH]2)c2cccn2n1)c1ccc(F)cc1. The van der Waals surface area contributed by atoms with Gasteiger partial charge in [0.05, 0.1) is 6.04 Å². The van der Waals surface area contributed by atoms with Gasteiger partial charge >= 0.3 is 0 Å². The lowest BCUT2D eigenvalue weighted by Crippen LogP contribution is -2.12. The summed E-state index contributed by atoms with van der Waals surface area (Å²) >= 11 is 0. The molecule has 0 saturated heterocycles. The first-order chi connectivity index (χ1) is 13.5. The van der Waals surface area contributed by atoms with E-state index in [1.807, 2.05) is 19.1 Å². The van der Waals surface area contributed by atoms with Crippen LogP contribution < -0.4 is 16.4 Å². The Kier molecular flexibility index (Phi) is 4.36. The lowest BCUT2D eigenvalue weighted by atomic mass is 10.1. The lowest BCUT2D eigenvalue weighted by molar-refractivity contribution is 0.0995. The molecule has 1 aromatic carbocycles. The average molecular weight is 380 g/mol. The fourth-order valence-corrected chi connectivity index (χ4v) is 2.76. The molecule has 1 atom stereocenters. The van der Waals surface area contributed by atoms with E-state index in [4.69, 9.17) is 5.73 Å². The van der Waals surface area contributed by atoms with Crippen molar-refractivity contribution < 1.29 is 9.18 Å². The second-order valence-corrected chi connectivity index (χ2v) is 6.20. The first-order valence-electron chi connectivity index (χ1n) is 8.49. The van der Waals surface area contributed by atoms with Crippen LogP contribution in [0, 0.1) is 5.82 Å². The van der Waals surface area contributed by atoms with E-state index in [9.17, 15) is 9.18 Å². The third-order valence-electron chi connectivity index (χ3n) is 4.19. The Bertz CT molecular complexity index is 1130. The van der Waals surface area contributed by atoms with Crippen molar-refractivity contribution in [3.8, 4) is 0 Å². The molecular formula is C18H17FN8O. The van der Waals surface area contributed by atoms with Crippen molar-refractivity contribution in [2.75, 3.05) is 10.6 Å². The number of nitrogens with two attached hydrogens (primary N) is 1. The molecule has 10 heteroatoms. The molecule has 0 fully saturated rings. The van der Waals surface area contributed by atoms with Gasteiger partial charge in [0, 0.05) is 12.3 Å². The quantitative estimate of drug-likeness (QED) is 0.407. The first-order valence-corrected chi connectivity index (χ1v) is 8.49. The Morgan fingerprint density at radius 1 is 1.29 bits per heavy atom. The number of H-pyrrole nitrogens is 1. The molecule has 0 saturated carbocycles. The number of nitrogens with one attached hydrogen (secondary N) is 3. The van der Waals surface area contributed by atoms with Gasteiger partial charge in [-0.15, -0.1) is 5.10 Å². The number of benzene rings is 1. The molecular weight excluding hydrogens is 363 g/mol. The third kappa shape index (κ3) is 3.47. The number of carbonyl (C=O) groups excluding carboxylic acids is 1. The van der Waals surface area contributed by atoms with E-state index >= 15 is 0 Å². The fourth-order valence-electron chi connectivity index (χ4n) is 2.76. The van der Waals surface area contributed by atoms with E-state index in [2.05, 4.69) is 30.9 Å². The van der Waals surface area contributed by atoms with Crippen LogP contribution in [0.15, 0.2) is 48.7 Å². The van der Waals surface area contributed by atoms with E-state index < -0.39 is 5.91 Å². The molecule has 0 spiro atoms. The Hall–Kier alpha value is -3.95. The number of aromatic nitrogens is 5. The molecule has 0 aliphatic heterocycles. The largest absolute Gasteiger partial charge is 0.364 e. The normalized spacial score (nSPS) is 12.1. The second kappa shape index (κ2) is 6.99. The third-order valence-corrected chi connectivity index (χ3v) is 4.19. The monoisotopic (exact) mass is 380 g/mol. The van der Waals surface area contributed by atoms with Gasteiger partial charge in [0.2, 0.25) is 5.95 Å². The number of fused-ring (bicyclic) bond motifs is 1. The van der Waals surface area contributed by atoms with E-state index in [-0.39, 0.29) is 17.6 Å². The molecule has 0 unspecified atom stereocenters. The van der Waals surface area contributed by atoms with Crippen LogP contribution in [0.3, 0.4) is 0 Å². The van der Waals surface area contributed by atoms with Gasteiger partial charge in [0.25, 0.3) is 5.91 Å². The molecule has 0 radical (unpaired) electrons. The molecule has 0 aliphatic carbocycles. The standard InChI is InChI=1S/C18H17FN8O/c1-10(11-4-6-12(19)7-5-11)21-18-23-17(14-3-2-8-27(14)26-18)22-15-9-13(16(20)28)24-25-15/h2-10H,1H3,(H2,20,28)(H3,21,22,23,24,25,26)/t10-/m0/s1. The first kappa shape index (κ1) is 17.5. The number of amides is 1. The summed E-state index contributed by atoms with van der Waals surface area (Å²) in [5.74, 6) is 0.428. The van der Waals surface area contributed by atoms with Gasteiger partial charge in [0.15, 0.2) is 11.5 Å². The van der Waals surface area contributed by atoms with Gasteiger partial charge in [-0.1, -0.05) is 12.1 Å². The molecule has 28 heavy (non-hydrogen) atoms. The van der Waals surface area contributed by atoms with E-state index in [1.165, 1.54) is 18.2 Å². The van der Waals surface area contributed by atoms with Crippen molar-refractivity contribution in [2.45, 2.75) is 13.0 Å². The van der Waals surface area contributed by atoms with Crippen molar-refractivity contribution in [1.82, 2.24) is 24.8 Å². The molecule has 0 bridgehead atoms. The van der Waals surface area contributed by atoms with Crippen LogP contribution in [-0.2, 0) is 0 Å². The molecule has 3 heterocycles. The maximum atomic E-state index is 13.1. The zero-order valence-electron chi connectivity index (χ0n) is 14.8. The number of hydrogen-bond donors (Lipinski definition) is 4. The molecule has 4 aromatic rings. The average Bonchev–Trinajstić information content (AvgIpc) is 3.31. The minimum Gasteiger partial charge on any atom is -0.364 e. The van der Waals surface area contributed by atoms with Crippen molar-refractivity contribution in [1.29, 1.82) is 0 Å². The summed E-state index contributed by atoms with van der Waals surface area (Å²) in [4.78, 5) is 15.7. The summed E-state index contributed by atoms with van der Waals surface area (Å²) in [5, 5.41) is 17.3. The van der Waals surface area contributed by atoms with Gasteiger partial charge in [0.1, 0.15) is 17.2 Å². The Morgan fingerprint density at radius 3 is 2.79 bits per heavy atom. The molecule has 0 aliphatic rings. The summed E-state index contributed by atoms with van der Waals surface area (Å²) < 4.78 is 14.8. The van der Waals surface area contributed by atoms with Gasteiger partial charge < -0.3 is 16.4 Å². The smallest absolute Gasteiger partial charge is 0.269 e. The molecule has 142 valence electrons. The van der Waals surface area contributed by atoms with Crippen molar-refractivity contribution in [3.05, 3.63) is 65.7 Å². The minimum atomic E-state index is -0.629. The van der Waals surface area contributed by atoms with E-state index in [1.54, 1.807) is 22.8 Å². The Morgan fingerprint density at radius 2 is 2.07 bits per heavy atom. The van der Waals surface area contributed by atoms with Gasteiger partial charge in [-0.3, -0.25) is 9.89 Å². The number of halogens is 1. The van der Waals surface area contributed by atoms with Crippen LogP contribution in [0.2, 0.25) is 0 Å². The number of nitrogens with zero attached hydrogens (tertiary/aromatic N) is 4. The lowest BCUT2D eigenvalue weighted by Gasteiger charge is -2.15. The topological polar surface area (TPSA) is 126 Å². The van der Waals surface area contributed by atoms with Crippen LogP contribution in [0.4, 0.5) is 22.0 Å². The maximum absolute atomic E-state index is 13.1. The number of rotatable bonds is 6. The predicted octanol–water partition coefficient (Wildman–Crippen LogP) is 2.61. The summed E-state index contributed by atoms with van der Waals surface area (Å²) in [6, 6.07) is 11.3. The Labute approximate surface area is 158 Å². The molecule has 4 rings (SSSR count). The van der Waals surface area contributed by atoms with Crippen LogP contribution >= 0.6 is 0 Å². The molecule has 5 N–H and O–H groups in total. The summed E-state index contributed by atoms with van der Waals surface area (Å²) in [5.41, 5.74) is 6.97. The van der Waals surface area contributed by atoms with Crippen LogP contribution in [-0.4, -0.2) is 30.7 Å². The highest BCUT2D eigenvalue weighted by atomic mass is 19.1. The number of anilines is 3. The van der Waals surface area contributed by atoms with Crippen LogP contribution in [0.5, 0.6) is 0 Å². The number of hydrogen-bond acceptors (Lipinski definition) is 6. The maximum Gasteiger partial charge on any atom is 0.269 e. The number of aromatic amines is 1. The highest BCUT2D eigenvalue weighted by Gasteiger charge is 2.13. The highest BCUT2D eigenvalue weighted by molar-refractivity contribution is 5.91. The summed E-state index contributed by atoms with van der Waals surface area (Å²) in [6.07, 6.45) is 1.79. The number of primary amides is 1. The van der Waals surface area contributed by atoms with E-state index in [0.29, 0.717) is 17.6 Å². The van der Waals surface area contributed by atoms with Gasteiger partial charge in [-0.05, 0) is 36.8 Å². The summed E-state index contributed by atoms with van der Waals surface area (Å²) in [6.45, 7) is 1.93.